The van der Waals surface area contributed by atoms with Gasteiger partial charge in [-0.15, -0.1) is 0 Å². The van der Waals surface area contributed by atoms with E-state index in [-0.39, 0.29) is 29.5 Å². The number of Topliss-reactive ketones (excluding diaryl/α,β-unsaturated/α-hetero) is 1. The Morgan fingerprint density at radius 3 is 2.46 bits per heavy atom. The highest BCUT2D eigenvalue weighted by molar-refractivity contribution is 5.96. The molecule has 0 aromatic heterocycles. The van der Waals surface area contributed by atoms with Crippen molar-refractivity contribution in [2.75, 3.05) is 0 Å². The van der Waals surface area contributed by atoms with E-state index in [4.69, 9.17) is 22.9 Å². The molecule has 74 valence electrons. The second-order valence-corrected chi connectivity index (χ2v) is 3.49. The third kappa shape index (κ3) is 1.40. The molecule has 0 aromatic rings. The van der Waals surface area contributed by atoms with Gasteiger partial charge in [0.1, 0.15) is 5.66 Å². The zero-order valence-electron chi connectivity index (χ0n) is 7.71. The average molecular weight is 184 g/mol. The number of allylic oxidation sites excluding steroid dienone is 1. The van der Waals surface area contributed by atoms with E-state index in [9.17, 15) is 4.79 Å². The summed E-state index contributed by atoms with van der Waals surface area (Å²) >= 11 is 0. The van der Waals surface area contributed by atoms with Gasteiger partial charge in [0, 0.05) is 12.3 Å². The minimum Gasteiger partial charge on any atom is -0.398 e. The van der Waals surface area contributed by atoms with Crippen molar-refractivity contribution in [1.29, 1.82) is 0 Å². The number of nitrogens with two attached hydrogens (primary N) is 4. The van der Waals surface area contributed by atoms with E-state index in [1.807, 2.05) is 6.92 Å². The Morgan fingerprint density at radius 1 is 1.46 bits per heavy atom. The second-order valence-electron chi connectivity index (χ2n) is 3.49. The van der Waals surface area contributed by atoms with Crippen molar-refractivity contribution in [3.63, 3.8) is 0 Å². The van der Waals surface area contributed by atoms with Gasteiger partial charge in [-0.1, -0.05) is 6.92 Å². The molecule has 0 bridgehead atoms. The lowest BCUT2D eigenvalue weighted by molar-refractivity contribution is -0.117. The molecule has 1 rings (SSSR count). The highest BCUT2D eigenvalue weighted by Gasteiger charge is 2.40. The maximum Gasteiger partial charge on any atom is 0.180 e. The molecule has 0 aromatic carbocycles. The lowest BCUT2D eigenvalue weighted by Crippen LogP contribution is -2.62. The smallest absolute Gasteiger partial charge is 0.180 e. The Labute approximate surface area is 77.1 Å². The lowest BCUT2D eigenvalue weighted by Gasteiger charge is -2.37. The number of hydrogen-bond acceptors (Lipinski definition) is 5. The zero-order valence-corrected chi connectivity index (χ0v) is 7.71. The highest BCUT2D eigenvalue weighted by Crippen LogP contribution is 2.28. The second kappa shape index (κ2) is 3.01. The van der Waals surface area contributed by atoms with Gasteiger partial charge in [0.2, 0.25) is 0 Å². The molecule has 0 aliphatic heterocycles. The molecule has 0 saturated heterocycles. The van der Waals surface area contributed by atoms with Crippen molar-refractivity contribution in [1.82, 2.24) is 0 Å². The summed E-state index contributed by atoms with van der Waals surface area (Å²) in [5, 5.41) is 0. The fourth-order valence-corrected chi connectivity index (χ4v) is 1.59. The quantitative estimate of drug-likeness (QED) is 0.378. The summed E-state index contributed by atoms with van der Waals surface area (Å²) in [6.07, 6.45) is 1.00. The van der Waals surface area contributed by atoms with Crippen LogP contribution in [0.1, 0.15) is 19.8 Å². The predicted molar refractivity (Wildman–Crippen MR) is 49.9 cm³/mol. The minimum absolute atomic E-state index is 0.0229. The van der Waals surface area contributed by atoms with Crippen LogP contribution in [0.5, 0.6) is 0 Å². The first-order valence-electron chi connectivity index (χ1n) is 4.27. The van der Waals surface area contributed by atoms with Crippen molar-refractivity contribution in [2.45, 2.75) is 25.4 Å². The van der Waals surface area contributed by atoms with Crippen LogP contribution in [0.15, 0.2) is 11.4 Å². The number of ketones is 1. The van der Waals surface area contributed by atoms with Gasteiger partial charge in [-0.2, -0.15) is 0 Å². The number of hydrogen-bond donors (Lipinski definition) is 4. The molecule has 13 heavy (non-hydrogen) atoms. The molecule has 5 heteroatoms. The van der Waals surface area contributed by atoms with E-state index in [1.165, 1.54) is 0 Å². The monoisotopic (exact) mass is 184 g/mol. The summed E-state index contributed by atoms with van der Waals surface area (Å²) < 4.78 is 0. The summed E-state index contributed by atoms with van der Waals surface area (Å²) in [6, 6.07) is 0. The normalized spacial score (nSPS) is 27.9. The molecule has 5 nitrogen and oxygen atoms in total. The summed E-state index contributed by atoms with van der Waals surface area (Å²) in [4.78, 5) is 11.3. The van der Waals surface area contributed by atoms with E-state index in [0.717, 1.165) is 0 Å². The summed E-state index contributed by atoms with van der Waals surface area (Å²) in [5.41, 5.74) is 21.6. The van der Waals surface area contributed by atoms with Crippen molar-refractivity contribution >= 4 is 5.78 Å². The Bertz CT molecular complexity index is 269. The standard InChI is InChI=1S/C8H16N4O/c1-2-4-3-5(13)6(9)7(10)8(4,11)12/h4H,2-3,9-12H2,1H3. The first-order chi connectivity index (χ1) is 5.91. The number of carbonyl (C=O) groups is 1. The summed E-state index contributed by atoms with van der Waals surface area (Å²) in [5.74, 6) is -0.275. The van der Waals surface area contributed by atoms with Crippen molar-refractivity contribution in [2.24, 2.45) is 28.9 Å². The molecule has 1 aliphatic rings. The fourth-order valence-electron chi connectivity index (χ4n) is 1.59. The highest BCUT2D eigenvalue weighted by atomic mass is 16.1. The van der Waals surface area contributed by atoms with Gasteiger partial charge in [0.25, 0.3) is 0 Å². The molecule has 0 saturated carbocycles. The number of rotatable bonds is 1. The average Bonchev–Trinajstić information content (AvgIpc) is 2.08. The Balaban J connectivity index is 3.12. The molecular formula is C8H16N4O. The third-order valence-electron chi connectivity index (χ3n) is 2.66. The number of carbonyl (C=O) groups excluding carboxylic acids is 1. The molecule has 0 amide bonds. The SMILES string of the molecule is CCC1CC(=O)C(N)=C(N)C1(N)N. The molecule has 0 fully saturated rings. The summed E-state index contributed by atoms with van der Waals surface area (Å²) in [7, 11) is 0. The van der Waals surface area contributed by atoms with Gasteiger partial charge in [0.05, 0.1) is 11.4 Å². The van der Waals surface area contributed by atoms with E-state index in [0.29, 0.717) is 6.42 Å². The predicted octanol–water partition coefficient (Wildman–Crippen LogP) is -1.27. The molecule has 0 spiro atoms. The van der Waals surface area contributed by atoms with Crippen LogP contribution in [0.2, 0.25) is 0 Å². The molecule has 8 N–H and O–H groups in total. The van der Waals surface area contributed by atoms with E-state index in [2.05, 4.69) is 0 Å². The van der Waals surface area contributed by atoms with Gasteiger partial charge < -0.3 is 22.9 Å². The van der Waals surface area contributed by atoms with Gasteiger partial charge in [0.15, 0.2) is 5.78 Å². The van der Waals surface area contributed by atoms with Crippen LogP contribution in [0, 0.1) is 5.92 Å². The van der Waals surface area contributed by atoms with E-state index in [1.54, 1.807) is 0 Å². The van der Waals surface area contributed by atoms with Gasteiger partial charge >= 0.3 is 0 Å². The van der Waals surface area contributed by atoms with Crippen LogP contribution < -0.4 is 22.9 Å². The first kappa shape index (κ1) is 10.0. The fraction of sp³-hybridized carbons (Fsp3) is 0.625. The van der Waals surface area contributed by atoms with Crippen LogP contribution in [-0.2, 0) is 4.79 Å². The van der Waals surface area contributed by atoms with Crippen molar-refractivity contribution in [3.05, 3.63) is 11.4 Å². The van der Waals surface area contributed by atoms with Crippen LogP contribution in [0.4, 0.5) is 0 Å². The Hall–Kier alpha value is -1.07. The summed E-state index contributed by atoms with van der Waals surface area (Å²) in [6.45, 7) is 1.92. The molecule has 1 atom stereocenters. The maximum absolute atomic E-state index is 11.3. The van der Waals surface area contributed by atoms with Gasteiger partial charge in [-0.25, -0.2) is 0 Å². The first-order valence-corrected chi connectivity index (χ1v) is 4.27. The van der Waals surface area contributed by atoms with E-state index < -0.39 is 5.66 Å². The van der Waals surface area contributed by atoms with E-state index >= 15 is 0 Å². The maximum atomic E-state index is 11.3. The van der Waals surface area contributed by atoms with Crippen LogP contribution in [0.25, 0.3) is 0 Å². The van der Waals surface area contributed by atoms with Crippen LogP contribution in [-0.4, -0.2) is 11.4 Å². The molecule has 0 radical (unpaired) electrons. The lowest BCUT2D eigenvalue weighted by atomic mass is 9.79. The molecule has 1 aliphatic carbocycles. The molecular weight excluding hydrogens is 168 g/mol. The Morgan fingerprint density at radius 2 is 2.00 bits per heavy atom. The largest absolute Gasteiger partial charge is 0.398 e. The molecule has 0 heterocycles. The molecule has 1 unspecified atom stereocenters. The Kier molecular flexibility index (Phi) is 2.32. The zero-order chi connectivity index (χ0) is 10.2. The minimum atomic E-state index is -1.13. The van der Waals surface area contributed by atoms with Gasteiger partial charge in [-0.05, 0) is 6.42 Å². The van der Waals surface area contributed by atoms with Crippen molar-refractivity contribution < 1.29 is 4.79 Å². The van der Waals surface area contributed by atoms with Crippen LogP contribution >= 0.6 is 0 Å². The van der Waals surface area contributed by atoms with Gasteiger partial charge in [-0.3, -0.25) is 4.79 Å². The van der Waals surface area contributed by atoms with Crippen molar-refractivity contribution in [3.8, 4) is 0 Å². The third-order valence-corrected chi connectivity index (χ3v) is 2.66. The van der Waals surface area contributed by atoms with Crippen LogP contribution in [0.3, 0.4) is 0 Å². The topological polar surface area (TPSA) is 121 Å².